The molecule has 16 heavy (non-hydrogen) atoms. The van der Waals surface area contributed by atoms with E-state index < -0.39 is 0 Å². The van der Waals surface area contributed by atoms with Gasteiger partial charge < -0.3 is 15.0 Å². The average Bonchev–Trinajstić information content (AvgIpc) is 2.97. The van der Waals surface area contributed by atoms with Gasteiger partial charge >= 0.3 is 0 Å². The van der Waals surface area contributed by atoms with Crippen LogP contribution in [0.25, 0.3) is 0 Å². The van der Waals surface area contributed by atoms with Crippen molar-refractivity contribution in [1.29, 1.82) is 0 Å². The minimum absolute atomic E-state index is 0.569. The fourth-order valence-electron chi connectivity index (χ4n) is 3.51. The third-order valence-electron chi connectivity index (χ3n) is 4.58. The zero-order valence-electron chi connectivity index (χ0n) is 10.2. The van der Waals surface area contributed by atoms with Gasteiger partial charge in [-0.1, -0.05) is 0 Å². The number of rotatable bonds is 3. The summed E-state index contributed by atoms with van der Waals surface area (Å²) in [7, 11) is 0. The number of hydrogen-bond donors (Lipinski definition) is 1. The molecule has 3 heteroatoms. The van der Waals surface area contributed by atoms with E-state index in [-0.39, 0.29) is 0 Å². The third-order valence-corrected chi connectivity index (χ3v) is 4.58. The standard InChI is InChI=1S/C13H24N2O/c1-2-13(16-7-1)4-6-15-5-3-11-8-14-9-12(11)10-15/h11-14H,1-10H2. The molecule has 0 aromatic rings. The van der Waals surface area contributed by atoms with Gasteiger partial charge in [-0.2, -0.15) is 0 Å². The summed E-state index contributed by atoms with van der Waals surface area (Å²) in [5.41, 5.74) is 0. The summed E-state index contributed by atoms with van der Waals surface area (Å²) in [4.78, 5) is 2.66. The van der Waals surface area contributed by atoms with Crippen LogP contribution in [0, 0.1) is 11.8 Å². The Kier molecular flexibility index (Phi) is 3.46. The van der Waals surface area contributed by atoms with E-state index in [0.29, 0.717) is 6.10 Å². The van der Waals surface area contributed by atoms with Gasteiger partial charge in [0.15, 0.2) is 0 Å². The van der Waals surface area contributed by atoms with Gasteiger partial charge in [0.05, 0.1) is 6.10 Å². The van der Waals surface area contributed by atoms with E-state index in [4.69, 9.17) is 4.74 Å². The molecule has 0 aromatic carbocycles. The van der Waals surface area contributed by atoms with Gasteiger partial charge in [-0.3, -0.25) is 0 Å². The van der Waals surface area contributed by atoms with E-state index in [1.54, 1.807) is 0 Å². The average molecular weight is 224 g/mol. The summed E-state index contributed by atoms with van der Waals surface area (Å²) in [5.74, 6) is 1.90. The van der Waals surface area contributed by atoms with Crippen molar-refractivity contribution in [3.63, 3.8) is 0 Å². The number of fused-ring (bicyclic) bond motifs is 1. The lowest BCUT2D eigenvalue weighted by Crippen LogP contribution is -2.41. The fraction of sp³-hybridized carbons (Fsp3) is 1.00. The molecule has 3 atom stereocenters. The molecule has 3 saturated heterocycles. The number of nitrogens with zero attached hydrogens (tertiary/aromatic N) is 1. The molecular weight excluding hydrogens is 200 g/mol. The van der Waals surface area contributed by atoms with Crippen LogP contribution in [0.5, 0.6) is 0 Å². The molecule has 0 amide bonds. The number of ether oxygens (including phenoxy) is 1. The highest BCUT2D eigenvalue weighted by atomic mass is 16.5. The zero-order chi connectivity index (χ0) is 10.8. The Balaban J connectivity index is 1.42. The quantitative estimate of drug-likeness (QED) is 0.777. The van der Waals surface area contributed by atoms with Crippen molar-refractivity contribution >= 4 is 0 Å². The van der Waals surface area contributed by atoms with Crippen LogP contribution in [0.15, 0.2) is 0 Å². The van der Waals surface area contributed by atoms with Crippen LogP contribution in [-0.4, -0.2) is 50.3 Å². The van der Waals surface area contributed by atoms with Crippen LogP contribution in [0.4, 0.5) is 0 Å². The molecule has 0 aliphatic carbocycles. The summed E-state index contributed by atoms with van der Waals surface area (Å²) < 4.78 is 5.69. The second kappa shape index (κ2) is 5.03. The molecule has 0 spiro atoms. The van der Waals surface area contributed by atoms with E-state index in [1.807, 2.05) is 0 Å². The lowest BCUT2D eigenvalue weighted by atomic mass is 9.88. The Bertz CT molecular complexity index is 228. The highest BCUT2D eigenvalue weighted by molar-refractivity contribution is 4.88. The Labute approximate surface area is 98.5 Å². The molecule has 92 valence electrons. The Morgan fingerprint density at radius 1 is 1.19 bits per heavy atom. The van der Waals surface area contributed by atoms with E-state index in [9.17, 15) is 0 Å². The number of hydrogen-bond acceptors (Lipinski definition) is 3. The van der Waals surface area contributed by atoms with Crippen molar-refractivity contribution in [3.8, 4) is 0 Å². The summed E-state index contributed by atoms with van der Waals surface area (Å²) in [5, 5.41) is 3.53. The smallest absolute Gasteiger partial charge is 0.0588 e. The van der Waals surface area contributed by atoms with Crippen LogP contribution >= 0.6 is 0 Å². The molecule has 0 bridgehead atoms. The van der Waals surface area contributed by atoms with Crippen molar-refractivity contribution in [3.05, 3.63) is 0 Å². The molecule has 3 rings (SSSR count). The molecule has 3 aliphatic rings. The fourth-order valence-corrected chi connectivity index (χ4v) is 3.51. The van der Waals surface area contributed by atoms with Crippen LogP contribution in [0.1, 0.15) is 25.7 Å². The van der Waals surface area contributed by atoms with Crippen LogP contribution in [0.2, 0.25) is 0 Å². The molecule has 0 radical (unpaired) electrons. The number of likely N-dealkylation sites (tertiary alicyclic amines) is 1. The SMILES string of the molecule is C1COC(CCN2CCC3CNCC3C2)C1. The first-order valence-electron chi connectivity index (χ1n) is 6.96. The zero-order valence-corrected chi connectivity index (χ0v) is 10.2. The van der Waals surface area contributed by atoms with Gasteiger partial charge in [0, 0.05) is 19.7 Å². The van der Waals surface area contributed by atoms with Crippen molar-refractivity contribution < 1.29 is 4.74 Å². The van der Waals surface area contributed by atoms with Gasteiger partial charge in [-0.05, 0) is 57.2 Å². The van der Waals surface area contributed by atoms with Crippen LogP contribution in [0.3, 0.4) is 0 Å². The maximum Gasteiger partial charge on any atom is 0.0588 e. The normalized spacial score (nSPS) is 40.1. The van der Waals surface area contributed by atoms with Gasteiger partial charge in [0.25, 0.3) is 0 Å². The second-order valence-corrected chi connectivity index (χ2v) is 5.69. The topological polar surface area (TPSA) is 24.5 Å². The van der Waals surface area contributed by atoms with E-state index in [2.05, 4.69) is 10.2 Å². The predicted molar refractivity (Wildman–Crippen MR) is 64.5 cm³/mol. The molecule has 0 saturated carbocycles. The highest BCUT2D eigenvalue weighted by Gasteiger charge is 2.32. The van der Waals surface area contributed by atoms with Crippen molar-refractivity contribution in [2.45, 2.75) is 31.8 Å². The Hall–Kier alpha value is -0.120. The first-order valence-corrected chi connectivity index (χ1v) is 6.96. The first kappa shape index (κ1) is 11.0. The summed E-state index contributed by atoms with van der Waals surface area (Å²) in [6, 6.07) is 0. The molecule has 3 unspecified atom stereocenters. The Morgan fingerprint density at radius 3 is 3.00 bits per heavy atom. The van der Waals surface area contributed by atoms with Gasteiger partial charge in [-0.15, -0.1) is 0 Å². The monoisotopic (exact) mass is 224 g/mol. The van der Waals surface area contributed by atoms with Crippen molar-refractivity contribution in [2.24, 2.45) is 11.8 Å². The lowest BCUT2D eigenvalue weighted by molar-refractivity contribution is 0.0789. The molecule has 0 aromatic heterocycles. The first-order chi connectivity index (χ1) is 7.92. The summed E-state index contributed by atoms with van der Waals surface area (Å²) in [6.45, 7) is 7.42. The summed E-state index contributed by atoms with van der Waals surface area (Å²) >= 11 is 0. The van der Waals surface area contributed by atoms with E-state index in [1.165, 1.54) is 58.4 Å². The van der Waals surface area contributed by atoms with Gasteiger partial charge in [0.1, 0.15) is 0 Å². The van der Waals surface area contributed by atoms with E-state index in [0.717, 1.165) is 18.4 Å². The number of nitrogens with one attached hydrogen (secondary N) is 1. The minimum Gasteiger partial charge on any atom is -0.378 e. The molecule has 3 fully saturated rings. The van der Waals surface area contributed by atoms with Gasteiger partial charge in [-0.25, -0.2) is 0 Å². The lowest BCUT2D eigenvalue weighted by Gasteiger charge is -2.34. The minimum atomic E-state index is 0.569. The third kappa shape index (κ3) is 2.41. The predicted octanol–water partition coefficient (Wildman–Crippen LogP) is 1.10. The van der Waals surface area contributed by atoms with Crippen molar-refractivity contribution in [2.75, 3.05) is 39.3 Å². The molecule has 1 N–H and O–H groups in total. The summed E-state index contributed by atoms with van der Waals surface area (Å²) in [6.07, 6.45) is 5.80. The second-order valence-electron chi connectivity index (χ2n) is 5.69. The van der Waals surface area contributed by atoms with Gasteiger partial charge in [0.2, 0.25) is 0 Å². The molecule has 3 heterocycles. The van der Waals surface area contributed by atoms with Crippen molar-refractivity contribution in [1.82, 2.24) is 10.2 Å². The molecular formula is C13H24N2O. The van der Waals surface area contributed by atoms with Crippen LogP contribution < -0.4 is 5.32 Å². The molecule has 3 nitrogen and oxygen atoms in total. The Morgan fingerprint density at radius 2 is 2.12 bits per heavy atom. The maximum atomic E-state index is 5.69. The molecule has 3 aliphatic heterocycles. The van der Waals surface area contributed by atoms with E-state index >= 15 is 0 Å². The van der Waals surface area contributed by atoms with Crippen LogP contribution in [-0.2, 0) is 4.74 Å². The number of piperidine rings is 1. The largest absolute Gasteiger partial charge is 0.378 e. The maximum absolute atomic E-state index is 5.69. The highest BCUT2D eigenvalue weighted by Crippen LogP contribution is 2.27.